The van der Waals surface area contributed by atoms with Crippen LogP contribution in [0.4, 0.5) is 11.4 Å². The second-order valence-electron chi connectivity index (χ2n) is 6.99. The van der Waals surface area contributed by atoms with Crippen LogP contribution in [0.5, 0.6) is 0 Å². The topological polar surface area (TPSA) is 65.4 Å². The number of nitriles is 1. The van der Waals surface area contributed by atoms with Crippen molar-refractivity contribution < 1.29 is 9.53 Å². The Morgan fingerprint density at radius 1 is 1.07 bits per heavy atom. The highest BCUT2D eigenvalue weighted by Gasteiger charge is 2.18. The van der Waals surface area contributed by atoms with Crippen LogP contribution in [0.25, 0.3) is 16.8 Å². The summed E-state index contributed by atoms with van der Waals surface area (Å²) < 4.78 is 5.41. The van der Waals surface area contributed by atoms with Crippen molar-refractivity contribution >= 4 is 45.7 Å². The quantitative estimate of drug-likeness (QED) is 0.485. The molecule has 1 saturated heterocycles. The van der Waals surface area contributed by atoms with Crippen molar-refractivity contribution in [3.63, 3.8) is 0 Å². The molecule has 1 N–H and O–H groups in total. The minimum Gasteiger partial charge on any atom is -0.378 e. The number of nitrogens with one attached hydrogen (secondary N) is 1. The molecular formula is C24H20ClN3O2. The van der Waals surface area contributed by atoms with E-state index in [4.69, 9.17) is 16.3 Å². The highest BCUT2D eigenvalue weighted by Crippen LogP contribution is 2.30. The Kier molecular flexibility index (Phi) is 5.99. The Labute approximate surface area is 180 Å². The highest BCUT2D eigenvalue weighted by atomic mass is 35.5. The third-order valence-corrected chi connectivity index (χ3v) is 5.24. The zero-order valence-electron chi connectivity index (χ0n) is 16.3. The summed E-state index contributed by atoms with van der Waals surface area (Å²) >= 11 is 6.16. The maximum atomic E-state index is 12.9. The number of hydrogen-bond acceptors (Lipinski definition) is 4. The maximum absolute atomic E-state index is 12.9. The highest BCUT2D eigenvalue weighted by molar-refractivity contribution is 6.31. The van der Waals surface area contributed by atoms with E-state index in [9.17, 15) is 10.1 Å². The molecule has 1 aliphatic rings. The van der Waals surface area contributed by atoms with Crippen LogP contribution in [0.1, 0.15) is 5.56 Å². The third-order valence-electron chi connectivity index (χ3n) is 5.01. The molecule has 0 atom stereocenters. The van der Waals surface area contributed by atoms with Gasteiger partial charge in [0.05, 0.1) is 24.6 Å². The van der Waals surface area contributed by atoms with Crippen LogP contribution in [0, 0.1) is 11.3 Å². The van der Waals surface area contributed by atoms with Crippen molar-refractivity contribution in [1.29, 1.82) is 5.26 Å². The molecule has 5 nitrogen and oxygen atoms in total. The lowest BCUT2D eigenvalue weighted by Crippen LogP contribution is -2.36. The van der Waals surface area contributed by atoms with Crippen LogP contribution in [-0.4, -0.2) is 32.2 Å². The monoisotopic (exact) mass is 417 g/mol. The van der Waals surface area contributed by atoms with Crippen LogP contribution < -0.4 is 10.2 Å². The lowest BCUT2D eigenvalue weighted by Gasteiger charge is -2.30. The molecule has 0 aromatic heterocycles. The summed E-state index contributed by atoms with van der Waals surface area (Å²) in [5.41, 5.74) is 2.26. The van der Waals surface area contributed by atoms with E-state index in [1.54, 1.807) is 18.2 Å². The van der Waals surface area contributed by atoms with Gasteiger partial charge in [-0.1, -0.05) is 48.0 Å². The van der Waals surface area contributed by atoms with E-state index in [1.807, 2.05) is 54.6 Å². The molecule has 1 fully saturated rings. The number of carbonyl (C=O) groups is 1. The summed E-state index contributed by atoms with van der Waals surface area (Å²) in [6, 6.07) is 21.2. The molecular weight excluding hydrogens is 398 g/mol. The molecule has 0 unspecified atom stereocenters. The van der Waals surface area contributed by atoms with Crippen molar-refractivity contribution in [2.45, 2.75) is 0 Å². The lowest BCUT2D eigenvalue weighted by molar-refractivity contribution is -0.112. The summed E-state index contributed by atoms with van der Waals surface area (Å²) in [4.78, 5) is 15.0. The molecule has 150 valence electrons. The molecule has 0 spiro atoms. The van der Waals surface area contributed by atoms with Crippen molar-refractivity contribution in [1.82, 2.24) is 0 Å². The molecule has 1 heterocycles. The number of morpholine rings is 1. The number of benzene rings is 3. The number of ether oxygens (including phenoxy) is 1. The first-order chi connectivity index (χ1) is 14.6. The van der Waals surface area contributed by atoms with Crippen molar-refractivity contribution in [3.05, 3.63) is 76.8 Å². The van der Waals surface area contributed by atoms with Gasteiger partial charge in [-0.3, -0.25) is 4.79 Å². The number of rotatable bonds is 4. The van der Waals surface area contributed by atoms with E-state index in [2.05, 4.69) is 10.2 Å². The van der Waals surface area contributed by atoms with Crippen molar-refractivity contribution in [2.24, 2.45) is 0 Å². The Morgan fingerprint density at radius 2 is 1.83 bits per heavy atom. The molecule has 0 radical (unpaired) electrons. The average Bonchev–Trinajstić information content (AvgIpc) is 2.78. The third kappa shape index (κ3) is 4.46. The molecule has 3 aromatic carbocycles. The van der Waals surface area contributed by atoms with Crippen molar-refractivity contribution in [3.8, 4) is 6.07 Å². The van der Waals surface area contributed by atoms with Gasteiger partial charge in [-0.25, -0.2) is 0 Å². The average molecular weight is 418 g/mol. The molecule has 1 amide bonds. The summed E-state index contributed by atoms with van der Waals surface area (Å²) in [6.45, 7) is 2.70. The molecule has 4 rings (SSSR count). The predicted molar refractivity (Wildman–Crippen MR) is 121 cm³/mol. The van der Waals surface area contributed by atoms with Crippen LogP contribution in [0.15, 0.2) is 66.2 Å². The van der Waals surface area contributed by atoms with Crippen molar-refractivity contribution in [2.75, 3.05) is 36.5 Å². The van der Waals surface area contributed by atoms with E-state index in [1.165, 1.54) is 0 Å². The van der Waals surface area contributed by atoms with Gasteiger partial charge in [-0.15, -0.1) is 0 Å². The van der Waals surface area contributed by atoms with E-state index in [-0.39, 0.29) is 5.57 Å². The Morgan fingerprint density at radius 3 is 2.60 bits per heavy atom. The summed E-state index contributed by atoms with van der Waals surface area (Å²) in [5, 5.41) is 15.1. The van der Waals surface area contributed by atoms with Crippen LogP contribution >= 0.6 is 11.6 Å². The molecule has 0 bridgehead atoms. The van der Waals surface area contributed by atoms with Crippen LogP contribution in [-0.2, 0) is 9.53 Å². The van der Waals surface area contributed by atoms with E-state index >= 15 is 0 Å². The first-order valence-electron chi connectivity index (χ1n) is 9.68. The number of halogens is 1. The molecule has 6 heteroatoms. The minimum atomic E-state index is -0.470. The van der Waals surface area contributed by atoms with Gasteiger partial charge in [0.25, 0.3) is 5.91 Å². The lowest BCUT2D eigenvalue weighted by atomic mass is 10.0. The minimum absolute atomic E-state index is 0.0261. The SMILES string of the molecule is N#C/C(=C\c1ccc2ccccc2c1)C(=O)Nc1cc(Cl)ccc1N1CCOCC1. The summed E-state index contributed by atoms with van der Waals surface area (Å²) in [7, 11) is 0. The Balaban J connectivity index is 1.61. The van der Waals surface area contributed by atoms with Gasteiger partial charge in [0.1, 0.15) is 11.6 Å². The molecule has 0 saturated carbocycles. The fourth-order valence-electron chi connectivity index (χ4n) is 3.49. The zero-order chi connectivity index (χ0) is 20.9. The van der Waals surface area contributed by atoms with Gasteiger partial charge in [0.15, 0.2) is 0 Å². The predicted octanol–water partition coefficient (Wildman–Crippen LogP) is 4.88. The second-order valence-corrected chi connectivity index (χ2v) is 7.43. The summed E-state index contributed by atoms with van der Waals surface area (Å²) in [5.74, 6) is -0.470. The number of anilines is 2. The molecule has 1 aliphatic heterocycles. The number of amides is 1. The van der Waals surface area contributed by atoms with Crippen LogP contribution in [0.3, 0.4) is 0 Å². The van der Waals surface area contributed by atoms with E-state index in [0.29, 0.717) is 23.9 Å². The smallest absolute Gasteiger partial charge is 0.266 e. The number of carbonyl (C=O) groups excluding carboxylic acids is 1. The molecule has 30 heavy (non-hydrogen) atoms. The number of hydrogen-bond donors (Lipinski definition) is 1. The summed E-state index contributed by atoms with van der Waals surface area (Å²) in [6.07, 6.45) is 1.60. The Bertz CT molecular complexity index is 1160. The fourth-order valence-corrected chi connectivity index (χ4v) is 3.66. The Hall–Kier alpha value is -3.33. The first kappa shape index (κ1) is 20.0. The van der Waals surface area contributed by atoms with Gasteiger partial charge >= 0.3 is 0 Å². The standard InChI is InChI=1S/C24H20ClN3O2/c25-21-7-8-23(28-9-11-30-12-10-28)22(15-21)27-24(29)20(16-26)14-17-5-6-18-3-1-2-4-19(18)13-17/h1-8,13-15H,9-12H2,(H,27,29)/b20-14+. The van der Waals surface area contributed by atoms with Gasteiger partial charge in [-0.2, -0.15) is 5.26 Å². The van der Waals surface area contributed by atoms with Crippen LogP contribution in [0.2, 0.25) is 5.02 Å². The van der Waals surface area contributed by atoms with Gasteiger partial charge in [0, 0.05) is 18.1 Å². The number of nitrogens with zero attached hydrogens (tertiary/aromatic N) is 2. The first-order valence-corrected chi connectivity index (χ1v) is 10.1. The molecule has 3 aromatic rings. The second kappa shape index (κ2) is 9.00. The van der Waals surface area contributed by atoms with Gasteiger partial charge in [-0.05, 0) is 46.7 Å². The normalized spacial score (nSPS) is 14.4. The van der Waals surface area contributed by atoms with E-state index in [0.717, 1.165) is 35.1 Å². The maximum Gasteiger partial charge on any atom is 0.266 e. The number of fused-ring (bicyclic) bond motifs is 1. The zero-order valence-corrected chi connectivity index (χ0v) is 17.0. The van der Waals surface area contributed by atoms with Gasteiger partial charge < -0.3 is 15.0 Å². The molecule has 0 aliphatic carbocycles. The largest absolute Gasteiger partial charge is 0.378 e. The van der Waals surface area contributed by atoms with Gasteiger partial charge in [0.2, 0.25) is 0 Å². The van der Waals surface area contributed by atoms with E-state index < -0.39 is 5.91 Å². The fraction of sp³-hybridized carbons (Fsp3) is 0.167.